The first-order valence-corrected chi connectivity index (χ1v) is 13.4. The Balaban J connectivity index is 1.57. The van der Waals surface area contributed by atoms with E-state index in [2.05, 4.69) is 29.8 Å². The third-order valence-corrected chi connectivity index (χ3v) is 7.98. The fourth-order valence-corrected chi connectivity index (χ4v) is 6.06. The normalized spacial score (nSPS) is 18.6. The molecule has 1 saturated carbocycles. The van der Waals surface area contributed by atoms with E-state index < -0.39 is 0 Å². The molecule has 1 aliphatic heterocycles. The summed E-state index contributed by atoms with van der Waals surface area (Å²) in [6.07, 6.45) is 8.15. The van der Waals surface area contributed by atoms with Gasteiger partial charge in [0, 0.05) is 22.2 Å². The minimum Gasteiger partial charge on any atom is -0.372 e. The molecule has 1 atom stereocenters. The summed E-state index contributed by atoms with van der Waals surface area (Å²) in [4.78, 5) is 13.5. The van der Waals surface area contributed by atoms with E-state index in [1.165, 1.54) is 19.3 Å². The second-order valence-corrected chi connectivity index (χ2v) is 10.7. The van der Waals surface area contributed by atoms with E-state index in [0.717, 1.165) is 35.2 Å². The van der Waals surface area contributed by atoms with Crippen molar-refractivity contribution in [3.05, 3.63) is 67.6 Å². The molecule has 34 heavy (non-hydrogen) atoms. The Labute approximate surface area is 213 Å². The van der Waals surface area contributed by atoms with Crippen LogP contribution in [0.25, 0.3) is 17.3 Å². The molecule has 3 heterocycles. The molecule has 2 aliphatic rings. The Morgan fingerprint density at radius 1 is 1.24 bits per heavy atom. The molecule has 0 spiro atoms. The Bertz CT molecular complexity index is 1210. The van der Waals surface area contributed by atoms with Crippen molar-refractivity contribution < 1.29 is 9.53 Å². The number of hydrogen-bond donors (Lipinski definition) is 1. The lowest BCUT2D eigenvalue weighted by Gasteiger charge is -2.28. The third kappa shape index (κ3) is 4.82. The first-order valence-electron chi connectivity index (χ1n) is 11.7. The first-order chi connectivity index (χ1) is 16.5. The van der Waals surface area contributed by atoms with Crippen LogP contribution in [0.4, 0.5) is 0 Å². The van der Waals surface area contributed by atoms with Gasteiger partial charge in [-0.25, -0.2) is 4.68 Å². The predicted octanol–water partition coefficient (Wildman–Crippen LogP) is 7.01. The molecule has 2 aromatic heterocycles. The van der Waals surface area contributed by atoms with Gasteiger partial charge in [0.05, 0.1) is 29.6 Å². The minimum atomic E-state index is -0.168. The molecule has 1 aromatic carbocycles. The van der Waals surface area contributed by atoms with Crippen molar-refractivity contribution in [2.24, 2.45) is 5.92 Å². The van der Waals surface area contributed by atoms with E-state index in [-0.39, 0.29) is 11.9 Å². The van der Waals surface area contributed by atoms with Gasteiger partial charge in [-0.05, 0) is 72.3 Å². The number of halogens is 2. The van der Waals surface area contributed by atoms with E-state index in [1.54, 1.807) is 28.2 Å². The van der Waals surface area contributed by atoms with Crippen LogP contribution in [0.2, 0.25) is 10.0 Å². The smallest absolute Gasteiger partial charge is 0.272 e. The zero-order valence-electron chi connectivity index (χ0n) is 19.0. The lowest BCUT2D eigenvalue weighted by Crippen LogP contribution is -2.39. The van der Waals surface area contributed by atoms with Gasteiger partial charge in [-0.2, -0.15) is 16.4 Å². The summed E-state index contributed by atoms with van der Waals surface area (Å²) in [5.41, 5.74) is 4.75. The summed E-state index contributed by atoms with van der Waals surface area (Å²) in [7, 11) is 0. The molecule has 0 saturated heterocycles. The van der Waals surface area contributed by atoms with Crippen molar-refractivity contribution in [3.8, 4) is 5.69 Å². The summed E-state index contributed by atoms with van der Waals surface area (Å²) in [6.45, 7) is 2.85. The molecular weight excluding hydrogens is 489 g/mol. The number of carbonyl (C=O) groups excluding carboxylic acids is 1. The van der Waals surface area contributed by atoms with Gasteiger partial charge in [0.25, 0.3) is 5.91 Å². The van der Waals surface area contributed by atoms with Crippen LogP contribution in [-0.4, -0.2) is 28.3 Å². The maximum atomic E-state index is 13.5. The van der Waals surface area contributed by atoms with Crippen LogP contribution in [0.1, 0.15) is 66.3 Å². The molecule has 0 radical (unpaired) electrons. The highest BCUT2D eigenvalue weighted by atomic mass is 35.5. The monoisotopic (exact) mass is 515 g/mol. The molecule has 1 N–H and O–H groups in total. The fraction of sp³-hybridized carbons (Fsp3) is 0.385. The summed E-state index contributed by atoms with van der Waals surface area (Å²) in [5.74, 6) is 0.338. The van der Waals surface area contributed by atoms with E-state index in [4.69, 9.17) is 33.0 Å². The molecule has 1 amide bonds. The fourth-order valence-electron chi connectivity index (χ4n) is 4.95. The van der Waals surface area contributed by atoms with Crippen LogP contribution in [0.5, 0.6) is 0 Å². The molecule has 0 unspecified atom stereocenters. The summed E-state index contributed by atoms with van der Waals surface area (Å²) >= 11 is 14.4. The number of rotatable bonds is 5. The van der Waals surface area contributed by atoms with Crippen LogP contribution in [0.3, 0.4) is 0 Å². The number of benzene rings is 1. The second-order valence-electron chi connectivity index (χ2n) is 9.06. The zero-order valence-corrected chi connectivity index (χ0v) is 21.3. The topological polar surface area (TPSA) is 56.2 Å². The van der Waals surface area contributed by atoms with Crippen molar-refractivity contribution in [1.29, 1.82) is 0 Å². The van der Waals surface area contributed by atoms with Gasteiger partial charge in [0.1, 0.15) is 0 Å². The van der Waals surface area contributed by atoms with Crippen molar-refractivity contribution in [3.63, 3.8) is 0 Å². The Morgan fingerprint density at radius 3 is 2.79 bits per heavy atom. The van der Waals surface area contributed by atoms with Crippen LogP contribution >= 0.6 is 34.5 Å². The number of thiophene rings is 1. The van der Waals surface area contributed by atoms with Crippen molar-refractivity contribution >= 4 is 52.1 Å². The van der Waals surface area contributed by atoms with Crippen LogP contribution in [0, 0.1) is 5.92 Å². The Morgan fingerprint density at radius 2 is 2.06 bits per heavy atom. The van der Waals surface area contributed by atoms with Gasteiger partial charge in [0.2, 0.25) is 0 Å². The molecule has 5 rings (SSSR count). The van der Waals surface area contributed by atoms with Crippen LogP contribution in [-0.2, 0) is 11.3 Å². The average molecular weight is 516 g/mol. The number of ether oxygens (including phenoxy) is 1. The quantitative estimate of drug-likeness (QED) is 0.397. The number of fused-ring (bicyclic) bond motifs is 1. The maximum absolute atomic E-state index is 13.5. The highest BCUT2D eigenvalue weighted by Gasteiger charge is 2.31. The van der Waals surface area contributed by atoms with Gasteiger partial charge in [-0.3, -0.25) is 4.79 Å². The number of amides is 1. The predicted molar refractivity (Wildman–Crippen MR) is 139 cm³/mol. The van der Waals surface area contributed by atoms with Crippen molar-refractivity contribution in [2.75, 3.05) is 6.61 Å². The largest absolute Gasteiger partial charge is 0.372 e. The van der Waals surface area contributed by atoms with Gasteiger partial charge in [-0.1, -0.05) is 42.5 Å². The summed E-state index contributed by atoms with van der Waals surface area (Å²) in [5, 5.41) is 13.2. The number of carbonyl (C=O) groups is 1. The number of nitrogens with zero attached hydrogens (tertiary/aromatic N) is 2. The second kappa shape index (κ2) is 10.2. The van der Waals surface area contributed by atoms with E-state index >= 15 is 0 Å². The zero-order chi connectivity index (χ0) is 23.7. The molecule has 1 fully saturated rings. The highest BCUT2D eigenvalue weighted by Crippen LogP contribution is 2.35. The van der Waals surface area contributed by atoms with Crippen molar-refractivity contribution in [2.45, 2.75) is 51.7 Å². The maximum Gasteiger partial charge on any atom is 0.272 e. The number of nitrogens with one attached hydrogen (secondary N) is 1. The van der Waals surface area contributed by atoms with E-state index in [0.29, 0.717) is 40.6 Å². The SMILES string of the molecule is C[C@@H](NC(=O)c1nn(-c2ccc(Cl)cc2Cl)c2c1COC/C2=C\c1ccsc1)C1CCCCC1. The summed E-state index contributed by atoms with van der Waals surface area (Å²) in [6, 6.07) is 7.46. The van der Waals surface area contributed by atoms with Crippen LogP contribution < -0.4 is 5.32 Å². The summed E-state index contributed by atoms with van der Waals surface area (Å²) < 4.78 is 7.69. The molecule has 5 nitrogen and oxygen atoms in total. The van der Waals surface area contributed by atoms with Crippen molar-refractivity contribution in [1.82, 2.24) is 15.1 Å². The Kier molecular flexibility index (Phi) is 7.11. The first kappa shape index (κ1) is 23.6. The van der Waals surface area contributed by atoms with Gasteiger partial charge in [0.15, 0.2) is 5.69 Å². The molecular formula is C26H27Cl2N3O2S. The molecule has 178 valence electrons. The average Bonchev–Trinajstić information content (AvgIpc) is 3.48. The minimum absolute atomic E-state index is 0.0954. The van der Waals surface area contributed by atoms with Gasteiger partial charge in [-0.15, -0.1) is 0 Å². The number of hydrogen-bond acceptors (Lipinski definition) is 4. The highest BCUT2D eigenvalue weighted by molar-refractivity contribution is 7.08. The lowest BCUT2D eigenvalue weighted by atomic mass is 9.84. The van der Waals surface area contributed by atoms with Gasteiger partial charge >= 0.3 is 0 Å². The third-order valence-electron chi connectivity index (χ3n) is 6.74. The Hall–Kier alpha value is -2.12. The standard InChI is InChI=1S/C26H27Cl2N3O2S/c1-16(18-5-3-2-4-6-18)29-26(32)24-21-14-33-13-19(11-17-9-10-34-15-17)25(21)31(30-24)23-8-7-20(27)12-22(23)28/h7-12,15-16,18H,2-6,13-14H2,1H3,(H,29,32)/b19-11+/t16-/m1/s1. The lowest BCUT2D eigenvalue weighted by molar-refractivity contribution is 0.0906. The van der Waals surface area contributed by atoms with Crippen LogP contribution in [0.15, 0.2) is 35.0 Å². The number of aromatic nitrogens is 2. The molecule has 3 aromatic rings. The molecule has 8 heteroatoms. The molecule has 0 bridgehead atoms. The van der Waals surface area contributed by atoms with E-state index in [1.807, 2.05) is 11.4 Å². The van der Waals surface area contributed by atoms with Gasteiger partial charge < -0.3 is 10.1 Å². The molecule has 1 aliphatic carbocycles. The van der Waals surface area contributed by atoms with E-state index in [9.17, 15) is 4.79 Å².